The van der Waals surface area contributed by atoms with Crippen molar-refractivity contribution in [2.24, 2.45) is 5.73 Å². The quantitative estimate of drug-likeness (QED) is 0.795. The van der Waals surface area contributed by atoms with Crippen LogP contribution in [0, 0.1) is 0 Å². The number of methoxy groups -OCH3 is 1. The Labute approximate surface area is 100 Å². The smallest absolute Gasteiger partial charge is 0.407 e. The Hall–Kier alpha value is -1.82. The van der Waals surface area contributed by atoms with Crippen molar-refractivity contribution in [1.82, 2.24) is 10.3 Å². The standard InChI is InChI=1S/C11H17N3O3/c1-3-17-11(15)14-9(6-12)8-4-5-10(16-2)13-7-8/h4-5,7,9H,3,6,12H2,1-2H3,(H,14,15). The second kappa shape index (κ2) is 6.70. The summed E-state index contributed by atoms with van der Waals surface area (Å²) in [6, 6.07) is 3.20. The van der Waals surface area contributed by atoms with Gasteiger partial charge in [-0.3, -0.25) is 0 Å². The van der Waals surface area contributed by atoms with Crippen molar-refractivity contribution in [3.8, 4) is 5.88 Å². The molecule has 1 atom stereocenters. The molecule has 6 heteroatoms. The van der Waals surface area contributed by atoms with E-state index in [-0.39, 0.29) is 12.6 Å². The van der Waals surface area contributed by atoms with Crippen molar-refractivity contribution in [3.63, 3.8) is 0 Å². The van der Waals surface area contributed by atoms with Crippen LogP contribution in [-0.2, 0) is 4.74 Å². The number of nitrogens with one attached hydrogen (secondary N) is 1. The Morgan fingerprint density at radius 1 is 1.59 bits per heavy atom. The van der Waals surface area contributed by atoms with Crippen LogP contribution in [0.1, 0.15) is 18.5 Å². The fourth-order valence-electron chi connectivity index (χ4n) is 1.31. The molecule has 0 spiro atoms. The molecule has 0 aromatic carbocycles. The van der Waals surface area contributed by atoms with Crippen LogP contribution in [-0.4, -0.2) is 31.3 Å². The second-order valence-electron chi connectivity index (χ2n) is 3.29. The van der Waals surface area contributed by atoms with Gasteiger partial charge in [-0.1, -0.05) is 6.07 Å². The first-order valence-corrected chi connectivity index (χ1v) is 5.34. The summed E-state index contributed by atoms with van der Waals surface area (Å²) in [7, 11) is 1.54. The third-order valence-corrected chi connectivity index (χ3v) is 2.17. The summed E-state index contributed by atoms with van der Waals surface area (Å²) in [6.45, 7) is 2.34. The van der Waals surface area contributed by atoms with Crippen molar-refractivity contribution in [2.75, 3.05) is 20.3 Å². The molecule has 0 aliphatic carbocycles. The number of carbonyl (C=O) groups is 1. The normalized spacial score (nSPS) is 11.7. The Balaban J connectivity index is 2.68. The molecule has 94 valence electrons. The molecule has 3 N–H and O–H groups in total. The summed E-state index contributed by atoms with van der Waals surface area (Å²) in [5.74, 6) is 0.514. The zero-order chi connectivity index (χ0) is 12.7. The van der Waals surface area contributed by atoms with Crippen LogP contribution >= 0.6 is 0 Å². The first kappa shape index (κ1) is 13.2. The second-order valence-corrected chi connectivity index (χ2v) is 3.29. The van der Waals surface area contributed by atoms with Gasteiger partial charge in [-0.2, -0.15) is 0 Å². The van der Waals surface area contributed by atoms with Gasteiger partial charge in [0.15, 0.2) is 0 Å². The molecule has 6 nitrogen and oxygen atoms in total. The average Bonchev–Trinajstić information content (AvgIpc) is 2.36. The lowest BCUT2D eigenvalue weighted by molar-refractivity contribution is 0.148. The third-order valence-electron chi connectivity index (χ3n) is 2.17. The Kier molecular flexibility index (Phi) is 5.22. The van der Waals surface area contributed by atoms with Crippen LogP contribution in [0.2, 0.25) is 0 Å². The number of hydrogen-bond acceptors (Lipinski definition) is 5. The van der Waals surface area contributed by atoms with Crippen molar-refractivity contribution >= 4 is 6.09 Å². The van der Waals surface area contributed by atoms with E-state index < -0.39 is 6.09 Å². The highest BCUT2D eigenvalue weighted by molar-refractivity contribution is 5.67. The van der Waals surface area contributed by atoms with Gasteiger partial charge in [0, 0.05) is 18.8 Å². The molecule has 17 heavy (non-hydrogen) atoms. The lowest BCUT2D eigenvalue weighted by Gasteiger charge is -2.16. The number of hydrogen-bond donors (Lipinski definition) is 2. The summed E-state index contributed by atoms with van der Waals surface area (Å²) in [4.78, 5) is 15.3. The van der Waals surface area contributed by atoms with Gasteiger partial charge in [0.05, 0.1) is 19.8 Å². The van der Waals surface area contributed by atoms with Crippen LogP contribution in [0.15, 0.2) is 18.3 Å². The Morgan fingerprint density at radius 3 is 2.82 bits per heavy atom. The van der Waals surface area contributed by atoms with Gasteiger partial charge in [-0.05, 0) is 12.5 Å². The van der Waals surface area contributed by atoms with Gasteiger partial charge in [-0.15, -0.1) is 0 Å². The van der Waals surface area contributed by atoms with Crippen LogP contribution in [0.3, 0.4) is 0 Å². The molecule has 0 saturated heterocycles. The Bertz CT molecular complexity index is 353. The highest BCUT2D eigenvalue weighted by Crippen LogP contribution is 2.14. The predicted molar refractivity (Wildman–Crippen MR) is 62.7 cm³/mol. The molecule has 0 aliphatic rings. The van der Waals surface area contributed by atoms with E-state index in [1.807, 2.05) is 0 Å². The molecule has 0 aliphatic heterocycles. The molecular formula is C11H17N3O3. The topological polar surface area (TPSA) is 86.5 Å². The van der Waals surface area contributed by atoms with E-state index in [0.717, 1.165) is 5.56 Å². The van der Waals surface area contributed by atoms with Crippen LogP contribution in [0.4, 0.5) is 4.79 Å². The van der Waals surface area contributed by atoms with Gasteiger partial charge in [-0.25, -0.2) is 9.78 Å². The first-order chi connectivity index (χ1) is 8.21. The summed E-state index contributed by atoms with van der Waals surface area (Å²) in [5, 5.41) is 2.65. The third kappa shape index (κ3) is 3.92. The maximum atomic E-state index is 11.3. The number of alkyl carbamates (subject to hydrolysis) is 1. The molecule has 0 bridgehead atoms. The van der Waals surface area contributed by atoms with Gasteiger partial charge in [0.2, 0.25) is 5.88 Å². The number of nitrogens with two attached hydrogens (primary N) is 1. The highest BCUT2D eigenvalue weighted by Gasteiger charge is 2.13. The van der Waals surface area contributed by atoms with Crippen molar-refractivity contribution in [1.29, 1.82) is 0 Å². The van der Waals surface area contributed by atoms with E-state index in [1.165, 1.54) is 0 Å². The predicted octanol–water partition coefficient (Wildman–Crippen LogP) is 0.836. The summed E-state index contributed by atoms with van der Waals surface area (Å²) in [5.41, 5.74) is 6.40. The molecule has 1 aromatic heterocycles. The zero-order valence-electron chi connectivity index (χ0n) is 9.97. The number of nitrogens with zero attached hydrogens (tertiary/aromatic N) is 1. The molecular weight excluding hydrogens is 222 g/mol. The molecule has 0 radical (unpaired) electrons. The molecule has 1 aromatic rings. The van der Waals surface area contributed by atoms with Crippen molar-refractivity contribution in [2.45, 2.75) is 13.0 Å². The summed E-state index contributed by atoms with van der Waals surface area (Å²) >= 11 is 0. The van der Waals surface area contributed by atoms with Crippen LogP contribution in [0.25, 0.3) is 0 Å². The maximum Gasteiger partial charge on any atom is 0.407 e. The van der Waals surface area contributed by atoms with Crippen LogP contribution < -0.4 is 15.8 Å². The molecule has 1 amide bonds. The zero-order valence-corrected chi connectivity index (χ0v) is 9.97. The molecule has 1 rings (SSSR count). The van der Waals surface area contributed by atoms with Gasteiger partial charge >= 0.3 is 6.09 Å². The fourth-order valence-corrected chi connectivity index (χ4v) is 1.31. The van der Waals surface area contributed by atoms with Crippen molar-refractivity contribution < 1.29 is 14.3 Å². The van der Waals surface area contributed by atoms with E-state index in [1.54, 1.807) is 32.4 Å². The van der Waals surface area contributed by atoms with Gasteiger partial charge < -0.3 is 20.5 Å². The Morgan fingerprint density at radius 2 is 2.35 bits per heavy atom. The molecule has 0 saturated carbocycles. The highest BCUT2D eigenvalue weighted by atomic mass is 16.5. The number of carbonyl (C=O) groups excluding carboxylic acids is 1. The molecule has 0 fully saturated rings. The van der Waals surface area contributed by atoms with Crippen LogP contribution in [0.5, 0.6) is 5.88 Å². The summed E-state index contributed by atoms with van der Waals surface area (Å²) in [6.07, 6.45) is 1.13. The molecule has 1 heterocycles. The number of rotatable bonds is 5. The SMILES string of the molecule is CCOC(=O)NC(CN)c1ccc(OC)nc1. The fraction of sp³-hybridized carbons (Fsp3) is 0.455. The minimum atomic E-state index is -0.487. The van der Waals surface area contributed by atoms with E-state index in [2.05, 4.69) is 10.3 Å². The number of aromatic nitrogens is 1. The largest absolute Gasteiger partial charge is 0.481 e. The number of ether oxygens (including phenoxy) is 2. The van der Waals surface area contributed by atoms with E-state index >= 15 is 0 Å². The van der Waals surface area contributed by atoms with Gasteiger partial charge in [0.1, 0.15) is 0 Å². The molecule has 1 unspecified atom stereocenters. The lowest BCUT2D eigenvalue weighted by atomic mass is 10.1. The summed E-state index contributed by atoms with van der Waals surface area (Å²) < 4.78 is 9.74. The van der Waals surface area contributed by atoms with E-state index in [4.69, 9.17) is 15.2 Å². The lowest BCUT2D eigenvalue weighted by Crippen LogP contribution is -2.33. The van der Waals surface area contributed by atoms with E-state index in [0.29, 0.717) is 12.5 Å². The number of pyridine rings is 1. The minimum Gasteiger partial charge on any atom is -0.481 e. The number of amides is 1. The average molecular weight is 239 g/mol. The first-order valence-electron chi connectivity index (χ1n) is 5.34. The minimum absolute atomic E-state index is 0.271. The maximum absolute atomic E-state index is 11.3. The van der Waals surface area contributed by atoms with E-state index in [9.17, 15) is 4.79 Å². The van der Waals surface area contributed by atoms with Gasteiger partial charge in [0.25, 0.3) is 0 Å². The monoisotopic (exact) mass is 239 g/mol. The van der Waals surface area contributed by atoms with Crippen molar-refractivity contribution in [3.05, 3.63) is 23.9 Å².